The van der Waals surface area contributed by atoms with Crippen molar-refractivity contribution in [3.8, 4) is 0 Å². The predicted octanol–water partition coefficient (Wildman–Crippen LogP) is 2.41. The van der Waals surface area contributed by atoms with Gasteiger partial charge in [-0.15, -0.1) is 6.58 Å². The molecule has 7 nitrogen and oxygen atoms in total. The van der Waals surface area contributed by atoms with Crippen LogP contribution in [-0.4, -0.2) is 66.0 Å². The van der Waals surface area contributed by atoms with Gasteiger partial charge in [-0.2, -0.15) is 0 Å². The normalized spacial score (nSPS) is 30.7. The first-order chi connectivity index (χ1) is 12.7. The monoisotopic (exact) mass is 402 g/mol. The summed E-state index contributed by atoms with van der Waals surface area (Å²) in [7, 11) is 0. The molecule has 0 spiro atoms. The molecule has 1 fully saturated rings. The van der Waals surface area contributed by atoms with Gasteiger partial charge in [-0.05, 0) is 5.41 Å². The van der Waals surface area contributed by atoms with E-state index in [9.17, 15) is 14.3 Å². The number of amides is 1. The summed E-state index contributed by atoms with van der Waals surface area (Å²) in [4.78, 5) is 16.1. The topological polar surface area (TPSA) is 89.4 Å². The van der Waals surface area contributed by atoms with Crippen molar-refractivity contribution in [2.24, 2.45) is 10.4 Å². The Morgan fingerprint density at radius 1 is 1.48 bits per heavy atom. The maximum absolute atomic E-state index is 14.8. The molecule has 27 heavy (non-hydrogen) atoms. The van der Waals surface area contributed by atoms with Crippen molar-refractivity contribution in [3.63, 3.8) is 0 Å². The van der Waals surface area contributed by atoms with E-state index in [2.05, 4.69) is 16.9 Å². The van der Waals surface area contributed by atoms with Crippen molar-refractivity contribution >= 4 is 23.0 Å². The second kappa shape index (κ2) is 9.68. The second-order valence-electron chi connectivity index (χ2n) is 7.29. The number of ether oxygens (including phenoxy) is 3. The van der Waals surface area contributed by atoms with Gasteiger partial charge in [-0.3, -0.25) is 10.3 Å². The number of nitrogens with one attached hydrogen (secondary N) is 1. The molecule has 2 aliphatic heterocycles. The van der Waals surface area contributed by atoms with Crippen LogP contribution in [0.3, 0.4) is 0 Å². The van der Waals surface area contributed by atoms with E-state index in [0.29, 0.717) is 0 Å². The molecule has 2 heterocycles. The molecule has 1 saturated heterocycles. The lowest BCUT2D eigenvalue weighted by Gasteiger charge is -2.38. The Bertz CT molecular complexity index is 593. The number of allylic oxidation sites excluding steroid dienone is 1. The van der Waals surface area contributed by atoms with E-state index in [0.717, 1.165) is 11.8 Å². The molecular weight excluding hydrogens is 375 g/mol. The first-order valence-corrected chi connectivity index (χ1v) is 9.62. The minimum Gasteiger partial charge on any atom is -0.445 e. The van der Waals surface area contributed by atoms with E-state index in [1.807, 2.05) is 26.8 Å². The van der Waals surface area contributed by atoms with Crippen LogP contribution in [0.15, 0.2) is 29.8 Å². The van der Waals surface area contributed by atoms with Crippen LogP contribution in [0.4, 0.5) is 9.18 Å². The number of fused-ring (bicyclic) bond motifs is 1. The molecule has 0 radical (unpaired) electrons. The van der Waals surface area contributed by atoms with Crippen molar-refractivity contribution in [2.45, 2.75) is 50.6 Å². The molecule has 0 aromatic heterocycles. The number of aliphatic hydroxyl groups excluding tert-OH is 1. The fourth-order valence-electron chi connectivity index (χ4n) is 2.62. The number of carbonyl (C=O) groups excluding carboxylic acids is 1. The number of hydrogen-bond donors (Lipinski definition) is 2. The first kappa shape index (κ1) is 21.9. The van der Waals surface area contributed by atoms with E-state index in [-0.39, 0.29) is 30.4 Å². The van der Waals surface area contributed by atoms with E-state index in [1.54, 1.807) is 6.08 Å². The Morgan fingerprint density at radius 3 is 2.85 bits per heavy atom. The zero-order chi connectivity index (χ0) is 20.0. The number of rotatable bonds is 6. The number of hydrogen-bond acceptors (Lipinski definition) is 7. The van der Waals surface area contributed by atoms with Gasteiger partial charge in [0.25, 0.3) is 0 Å². The fraction of sp³-hybridized carbons (Fsp3) is 0.667. The van der Waals surface area contributed by atoms with E-state index >= 15 is 0 Å². The van der Waals surface area contributed by atoms with Crippen LogP contribution < -0.4 is 5.32 Å². The summed E-state index contributed by atoms with van der Waals surface area (Å²) in [6.45, 7) is 9.52. The lowest BCUT2D eigenvalue weighted by Crippen LogP contribution is -2.55. The molecule has 2 aliphatic rings. The average Bonchev–Trinajstić information content (AvgIpc) is 2.99. The van der Waals surface area contributed by atoms with Gasteiger partial charge in [0.2, 0.25) is 0 Å². The quantitative estimate of drug-likeness (QED) is 0.664. The van der Waals surface area contributed by atoms with Crippen molar-refractivity contribution in [2.75, 3.05) is 19.8 Å². The average molecular weight is 402 g/mol. The predicted molar refractivity (Wildman–Crippen MR) is 102 cm³/mol. The fourth-order valence-corrected chi connectivity index (χ4v) is 3.71. The molecule has 0 aliphatic carbocycles. The Balaban J connectivity index is 1.90. The first-order valence-electron chi connectivity index (χ1n) is 8.74. The Morgan fingerprint density at radius 2 is 2.22 bits per heavy atom. The molecule has 2 rings (SSSR count). The van der Waals surface area contributed by atoms with Crippen LogP contribution >= 0.6 is 11.8 Å². The molecule has 2 N–H and O–H groups in total. The van der Waals surface area contributed by atoms with Crippen molar-refractivity contribution in [3.05, 3.63) is 24.8 Å². The maximum atomic E-state index is 14.8. The van der Waals surface area contributed by atoms with Gasteiger partial charge in [-0.25, -0.2) is 9.18 Å². The van der Waals surface area contributed by atoms with Gasteiger partial charge < -0.3 is 19.3 Å². The van der Waals surface area contributed by atoms with Crippen LogP contribution in [0.5, 0.6) is 0 Å². The summed E-state index contributed by atoms with van der Waals surface area (Å²) >= 11 is 1.09. The lowest BCUT2D eigenvalue weighted by atomic mass is 9.96. The summed E-state index contributed by atoms with van der Waals surface area (Å²) in [5, 5.41) is 12.2. The highest BCUT2D eigenvalue weighted by atomic mass is 32.2. The van der Waals surface area contributed by atoms with Crippen LogP contribution in [-0.2, 0) is 14.2 Å². The highest BCUT2D eigenvalue weighted by Gasteiger charge is 2.50. The van der Waals surface area contributed by atoms with E-state index < -0.39 is 36.0 Å². The zero-order valence-corrected chi connectivity index (χ0v) is 16.6. The molecule has 9 heteroatoms. The molecule has 1 amide bonds. The molecule has 0 saturated carbocycles. The lowest BCUT2D eigenvalue weighted by molar-refractivity contribution is -0.162. The highest BCUT2D eigenvalue weighted by molar-refractivity contribution is 8.14. The van der Waals surface area contributed by atoms with Crippen LogP contribution in [0, 0.1) is 5.41 Å². The summed E-state index contributed by atoms with van der Waals surface area (Å²) < 4.78 is 30.9. The maximum Gasteiger partial charge on any atom is 0.413 e. The van der Waals surface area contributed by atoms with Crippen molar-refractivity contribution < 1.29 is 28.5 Å². The van der Waals surface area contributed by atoms with Gasteiger partial charge in [0.05, 0.1) is 13.2 Å². The number of nitrogens with zero attached hydrogens (tertiary/aromatic N) is 1. The molecule has 152 valence electrons. The summed E-state index contributed by atoms with van der Waals surface area (Å²) in [6.07, 6.45) is 1.29. The number of thioether (sulfide) groups is 1. The third-order valence-corrected chi connectivity index (χ3v) is 4.87. The Kier molecular flexibility index (Phi) is 7.84. The number of aliphatic hydroxyl groups is 1. The van der Waals surface area contributed by atoms with Crippen LogP contribution in [0.2, 0.25) is 0 Å². The minimum atomic E-state index is -1.47. The number of amidine groups is 1. The van der Waals surface area contributed by atoms with Crippen LogP contribution in [0.1, 0.15) is 20.8 Å². The van der Waals surface area contributed by atoms with Gasteiger partial charge in [0, 0.05) is 0 Å². The number of halogens is 1. The summed E-state index contributed by atoms with van der Waals surface area (Å²) in [6, 6.07) is -0.830. The van der Waals surface area contributed by atoms with E-state index in [4.69, 9.17) is 14.2 Å². The third kappa shape index (κ3) is 6.31. The van der Waals surface area contributed by atoms with Gasteiger partial charge >= 0.3 is 6.09 Å². The smallest absolute Gasteiger partial charge is 0.413 e. The molecular formula is C18H27FN2O5S. The Labute approximate surface area is 163 Å². The molecule has 0 unspecified atom stereocenters. The SMILES string of the molecule is C=CCO[C@H]1[C@H](F)[C@H]2N=C(NC(=O)OCC=CC(C)(C)C)S[C@H]2O[C@@H]1CO. The Hall–Kier alpha value is -1.42. The molecule has 0 aromatic rings. The summed E-state index contributed by atoms with van der Waals surface area (Å²) in [5.41, 5.74) is -0.640. The minimum absolute atomic E-state index is 0.00184. The van der Waals surface area contributed by atoms with Crippen molar-refractivity contribution in [1.29, 1.82) is 0 Å². The largest absolute Gasteiger partial charge is 0.445 e. The van der Waals surface area contributed by atoms with Crippen molar-refractivity contribution in [1.82, 2.24) is 5.32 Å². The standard InChI is InChI=1S/C18H27FN2O5S/c1-5-8-24-14-11(10-22)26-15-13(12(14)19)20-16(27-15)21-17(23)25-9-6-7-18(2,3)4/h5-7,11-15,22H,1,8-10H2,2-4H3,(H,20,21,23)/t11-,12-,13-,14-,15-/m1/s1. The highest BCUT2D eigenvalue weighted by Crippen LogP contribution is 2.38. The molecule has 5 atom stereocenters. The number of alkyl halides is 1. The molecule has 0 aromatic carbocycles. The second-order valence-corrected chi connectivity index (χ2v) is 8.38. The van der Waals surface area contributed by atoms with Gasteiger partial charge in [0.15, 0.2) is 11.3 Å². The summed E-state index contributed by atoms with van der Waals surface area (Å²) in [5.74, 6) is 0. The third-order valence-electron chi connectivity index (χ3n) is 3.81. The van der Waals surface area contributed by atoms with Gasteiger partial charge in [-0.1, -0.05) is 50.8 Å². The van der Waals surface area contributed by atoms with E-state index in [1.165, 1.54) is 6.08 Å². The van der Waals surface area contributed by atoms with Gasteiger partial charge in [0.1, 0.15) is 30.3 Å². The zero-order valence-electron chi connectivity index (χ0n) is 15.8. The molecule has 0 bridgehead atoms. The number of aliphatic imine (C=N–C) groups is 1. The number of alkyl carbamates (subject to hydrolysis) is 1. The van der Waals surface area contributed by atoms with Crippen LogP contribution in [0.25, 0.3) is 0 Å². The number of carbonyl (C=O) groups is 1.